The molecule has 6 heteroatoms. The van der Waals surface area contributed by atoms with Crippen molar-refractivity contribution >= 4 is 12.0 Å². The van der Waals surface area contributed by atoms with E-state index in [0.717, 1.165) is 16.7 Å². The summed E-state index contributed by atoms with van der Waals surface area (Å²) in [6, 6.07) is 14.9. The molecule has 0 aliphatic carbocycles. The van der Waals surface area contributed by atoms with Crippen molar-refractivity contribution in [2.75, 3.05) is 13.7 Å². The maximum atomic E-state index is 13.2. The summed E-state index contributed by atoms with van der Waals surface area (Å²) in [7, 11) is 1.55. The van der Waals surface area contributed by atoms with Crippen LogP contribution in [0.1, 0.15) is 40.9 Å². The number of methoxy groups -OCH3 is 1. The number of benzene rings is 2. The van der Waals surface area contributed by atoms with Crippen LogP contribution in [0.15, 0.2) is 48.5 Å². The molecule has 6 nitrogen and oxygen atoms in total. The second kappa shape index (κ2) is 9.37. The average molecular weight is 384 g/mol. The largest absolute Gasteiger partial charge is 0.443 e. The fourth-order valence-corrected chi connectivity index (χ4v) is 2.97. The Bertz CT molecular complexity index is 798. The van der Waals surface area contributed by atoms with Crippen molar-refractivity contribution in [1.29, 1.82) is 0 Å². The van der Waals surface area contributed by atoms with Crippen LogP contribution in [-0.2, 0) is 16.1 Å². The molecule has 0 spiro atoms. The number of carbonyl (C=O) groups excluding carboxylic acids is 2. The van der Waals surface area contributed by atoms with Crippen LogP contribution in [0.4, 0.5) is 4.79 Å². The Morgan fingerprint density at radius 2 is 1.64 bits per heavy atom. The molecule has 28 heavy (non-hydrogen) atoms. The maximum absolute atomic E-state index is 13.2. The molecule has 0 saturated heterocycles. The number of hydrogen-bond donors (Lipinski definition) is 1. The molecule has 0 aromatic heterocycles. The lowest BCUT2D eigenvalue weighted by atomic mass is 10.0. The minimum absolute atomic E-state index is 0.114. The molecule has 0 unspecified atom stereocenters. The van der Waals surface area contributed by atoms with Gasteiger partial charge in [-0.05, 0) is 45.4 Å². The van der Waals surface area contributed by atoms with E-state index in [1.165, 1.54) is 5.01 Å². The van der Waals surface area contributed by atoms with E-state index in [1.807, 2.05) is 64.1 Å². The zero-order chi connectivity index (χ0) is 20.7. The van der Waals surface area contributed by atoms with Crippen LogP contribution in [0.5, 0.6) is 0 Å². The number of aryl methyl sites for hydroxylation is 2. The molecule has 1 N–H and O–H groups in total. The normalized spacial score (nSPS) is 11.0. The zero-order valence-corrected chi connectivity index (χ0v) is 17.1. The van der Waals surface area contributed by atoms with Crippen molar-refractivity contribution in [2.24, 2.45) is 0 Å². The molecule has 2 aromatic carbocycles. The standard InChI is InChI=1S/C22H28N2O4/c1-16-11-17(2)13-19(12-16)20(25)24(22(3,4)15-27-5)23-21(26)28-14-18-9-7-6-8-10-18/h6-13H,14-15H2,1-5H3,(H,23,26). The van der Waals surface area contributed by atoms with Gasteiger partial charge in [0, 0.05) is 12.7 Å². The van der Waals surface area contributed by atoms with Gasteiger partial charge < -0.3 is 9.47 Å². The molecular weight excluding hydrogens is 356 g/mol. The van der Waals surface area contributed by atoms with E-state index in [0.29, 0.717) is 5.56 Å². The van der Waals surface area contributed by atoms with Crippen molar-refractivity contribution in [3.05, 3.63) is 70.8 Å². The van der Waals surface area contributed by atoms with Gasteiger partial charge in [-0.3, -0.25) is 4.79 Å². The van der Waals surface area contributed by atoms with Crippen molar-refractivity contribution < 1.29 is 19.1 Å². The molecule has 0 heterocycles. The van der Waals surface area contributed by atoms with E-state index in [9.17, 15) is 9.59 Å². The van der Waals surface area contributed by atoms with Crippen molar-refractivity contribution in [3.8, 4) is 0 Å². The Morgan fingerprint density at radius 1 is 1.04 bits per heavy atom. The van der Waals surface area contributed by atoms with Gasteiger partial charge in [-0.1, -0.05) is 47.5 Å². The molecule has 0 atom stereocenters. The van der Waals surface area contributed by atoms with Crippen LogP contribution in [-0.4, -0.2) is 36.3 Å². The molecular formula is C22H28N2O4. The van der Waals surface area contributed by atoms with Crippen LogP contribution in [0, 0.1) is 13.8 Å². The second-order valence-electron chi connectivity index (χ2n) is 7.44. The van der Waals surface area contributed by atoms with E-state index < -0.39 is 11.6 Å². The summed E-state index contributed by atoms with van der Waals surface area (Å²) >= 11 is 0. The van der Waals surface area contributed by atoms with Crippen LogP contribution >= 0.6 is 0 Å². The van der Waals surface area contributed by atoms with Gasteiger partial charge in [0.2, 0.25) is 0 Å². The number of hydrazine groups is 1. The van der Waals surface area contributed by atoms with Crippen molar-refractivity contribution in [1.82, 2.24) is 10.4 Å². The molecule has 0 saturated carbocycles. The molecule has 2 rings (SSSR count). The van der Waals surface area contributed by atoms with Gasteiger partial charge in [-0.25, -0.2) is 15.2 Å². The minimum Gasteiger partial charge on any atom is -0.443 e. The Kier molecular flexibility index (Phi) is 7.18. The molecule has 150 valence electrons. The Morgan fingerprint density at radius 3 is 2.21 bits per heavy atom. The number of ether oxygens (including phenoxy) is 2. The second-order valence-corrected chi connectivity index (χ2v) is 7.44. The maximum Gasteiger partial charge on any atom is 0.426 e. The number of nitrogens with one attached hydrogen (secondary N) is 1. The summed E-state index contributed by atoms with van der Waals surface area (Å²) in [5, 5.41) is 1.28. The molecule has 0 bridgehead atoms. The van der Waals surface area contributed by atoms with Crippen molar-refractivity contribution in [3.63, 3.8) is 0 Å². The van der Waals surface area contributed by atoms with Gasteiger partial charge in [0.1, 0.15) is 6.61 Å². The molecule has 0 aliphatic rings. The zero-order valence-electron chi connectivity index (χ0n) is 17.1. The lowest BCUT2D eigenvalue weighted by Crippen LogP contribution is -2.59. The van der Waals surface area contributed by atoms with E-state index in [2.05, 4.69) is 5.43 Å². The quantitative estimate of drug-likeness (QED) is 0.764. The third kappa shape index (κ3) is 5.82. The highest BCUT2D eigenvalue weighted by Crippen LogP contribution is 2.18. The number of amides is 2. The summed E-state index contributed by atoms with van der Waals surface area (Å²) < 4.78 is 10.5. The number of hydrogen-bond acceptors (Lipinski definition) is 4. The molecule has 2 aromatic rings. The Labute approximate surface area is 166 Å². The highest BCUT2D eigenvalue weighted by Gasteiger charge is 2.34. The smallest absolute Gasteiger partial charge is 0.426 e. The van der Waals surface area contributed by atoms with Crippen LogP contribution < -0.4 is 5.43 Å². The molecule has 0 fully saturated rings. The molecule has 0 radical (unpaired) electrons. The van der Waals surface area contributed by atoms with E-state index >= 15 is 0 Å². The third-order valence-corrected chi connectivity index (χ3v) is 4.19. The summed E-state index contributed by atoms with van der Waals surface area (Å²) in [4.78, 5) is 25.6. The fraction of sp³-hybridized carbons (Fsp3) is 0.364. The summed E-state index contributed by atoms with van der Waals surface area (Å²) in [5.41, 5.74) is 5.11. The number of carbonyl (C=O) groups is 2. The monoisotopic (exact) mass is 384 g/mol. The van der Waals surface area contributed by atoms with Crippen molar-refractivity contribution in [2.45, 2.75) is 39.8 Å². The highest BCUT2D eigenvalue weighted by molar-refractivity contribution is 5.95. The van der Waals surface area contributed by atoms with Gasteiger partial charge in [0.25, 0.3) is 5.91 Å². The minimum atomic E-state index is -0.782. The highest BCUT2D eigenvalue weighted by atomic mass is 16.6. The Balaban J connectivity index is 2.19. The van der Waals surface area contributed by atoms with Gasteiger partial charge in [-0.2, -0.15) is 0 Å². The average Bonchev–Trinajstić information content (AvgIpc) is 2.64. The number of rotatable bonds is 6. The first-order valence-electron chi connectivity index (χ1n) is 9.12. The van der Waals surface area contributed by atoms with Crippen LogP contribution in [0.3, 0.4) is 0 Å². The first-order chi connectivity index (χ1) is 13.2. The predicted molar refractivity (Wildman–Crippen MR) is 108 cm³/mol. The summed E-state index contributed by atoms with van der Waals surface area (Å²) in [5.74, 6) is -0.328. The lowest BCUT2D eigenvalue weighted by molar-refractivity contribution is 0.00167. The van der Waals surface area contributed by atoms with E-state index in [-0.39, 0.29) is 19.1 Å². The van der Waals surface area contributed by atoms with E-state index in [4.69, 9.17) is 9.47 Å². The summed E-state index contributed by atoms with van der Waals surface area (Å²) in [6.07, 6.45) is -0.703. The molecule has 2 amide bonds. The van der Waals surface area contributed by atoms with E-state index in [1.54, 1.807) is 19.2 Å². The first-order valence-corrected chi connectivity index (χ1v) is 9.12. The van der Waals surface area contributed by atoms with Gasteiger partial charge in [0.05, 0.1) is 12.1 Å². The molecule has 0 aliphatic heterocycles. The number of nitrogens with zero attached hydrogens (tertiary/aromatic N) is 1. The van der Waals surface area contributed by atoms with Gasteiger partial charge >= 0.3 is 6.09 Å². The predicted octanol–water partition coefficient (Wildman–Crippen LogP) is 4.01. The first kappa shape index (κ1) is 21.4. The lowest BCUT2D eigenvalue weighted by Gasteiger charge is -2.37. The van der Waals surface area contributed by atoms with Gasteiger partial charge in [0.15, 0.2) is 0 Å². The van der Waals surface area contributed by atoms with Gasteiger partial charge in [-0.15, -0.1) is 0 Å². The third-order valence-electron chi connectivity index (χ3n) is 4.19. The SMILES string of the molecule is COCC(C)(C)N(NC(=O)OCc1ccccc1)C(=O)c1cc(C)cc(C)c1. The van der Waals surface area contributed by atoms with Crippen LogP contribution in [0.25, 0.3) is 0 Å². The van der Waals surface area contributed by atoms with Crippen LogP contribution in [0.2, 0.25) is 0 Å². The Hall–Kier alpha value is -2.86. The fourth-order valence-electron chi connectivity index (χ4n) is 2.97. The topological polar surface area (TPSA) is 67.9 Å². The summed E-state index contributed by atoms with van der Waals surface area (Å²) in [6.45, 7) is 7.83.